The number of carbonyl (C=O) groups excluding carboxylic acids is 1. The third kappa shape index (κ3) is 4.97. The van der Waals surface area contributed by atoms with Gasteiger partial charge in [-0.15, -0.1) is 0 Å². The van der Waals surface area contributed by atoms with E-state index in [0.29, 0.717) is 22.8 Å². The second-order valence-corrected chi connectivity index (χ2v) is 7.85. The van der Waals surface area contributed by atoms with E-state index in [1.165, 1.54) is 12.1 Å². The van der Waals surface area contributed by atoms with Gasteiger partial charge in [0.1, 0.15) is 0 Å². The van der Waals surface area contributed by atoms with Crippen LogP contribution >= 0.6 is 11.6 Å². The van der Waals surface area contributed by atoms with Crippen LogP contribution in [0.25, 0.3) is 0 Å². The number of benzene rings is 2. The van der Waals surface area contributed by atoms with Crippen LogP contribution in [0.5, 0.6) is 0 Å². The van der Waals surface area contributed by atoms with Crippen molar-refractivity contribution in [1.29, 1.82) is 0 Å². The number of nitrogens with one attached hydrogen (secondary N) is 2. The molecule has 0 bridgehead atoms. The molecule has 0 unspecified atom stereocenters. The minimum atomic E-state index is -3.80. The number of sulfonamides is 1. The van der Waals surface area contributed by atoms with Crippen molar-refractivity contribution in [3.05, 3.63) is 53.6 Å². The average molecular weight is 367 g/mol. The van der Waals surface area contributed by atoms with Crippen LogP contribution in [0, 0.1) is 5.92 Å². The summed E-state index contributed by atoms with van der Waals surface area (Å²) in [4.78, 5) is 11.9. The summed E-state index contributed by atoms with van der Waals surface area (Å²) in [6.07, 6.45) is 0.370. The number of para-hydroxylation sites is 1. The second kappa shape index (κ2) is 7.68. The minimum absolute atomic E-state index is 0.0461. The van der Waals surface area contributed by atoms with Crippen molar-refractivity contribution in [2.45, 2.75) is 25.2 Å². The third-order valence-corrected chi connectivity index (χ3v) is 4.83. The molecule has 0 saturated heterocycles. The van der Waals surface area contributed by atoms with E-state index >= 15 is 0 Å². The molecule has 5 nitrogen and oxygen atoms in total. The van der Waals surface area contributed by atoms with E-state index in [0.717, 1.165) is 0 Å². The lowest BCUT2D eigenvalue weighted by Crippen LogP contribution is -2.16. The van der Waals surface area contributed by atoms with Crippen molar-refractivity contribution >= 4 is 38.9 Å². The normalized spacial score (nSPS) is 11.3. The molecule has 1 amide bonds. The third-order valence-electron chi connectivity index (χ3n) is 3.14. The van der Waals surface area contributed by atoms with Gasteiger partial charge in [-0.1, -0.05) is 43.6 Å². The molecular formula is C17H19ClN2O3S. The van der Waals surface area contributed by atoms with E-state index < -0.39 is 10.0 Å². The summed E-state index contributed by atoms with van der Waals surface area (Å²) in [6.45, 7) is 3.88. The standard InChI is InChI=1S/C17H19ClN2O3S/c1-12(2)10-17(21)19-13-6-5-7-14(11-13)24(22,23)20-16-9-4-3-8-15(16)18/h3-9,11-12,20H,10H2,1-2H3,(H,19,21). The molecule has 0 atom stereocenters. The maximum Gasteiger partial charge on any atom is 0.262 e. The molecule has 0 spiro atoms. The average Bonchev–Trinajstić information content (AvgIpc) is 2.49. The predicted molar refractivity (Wildman–Crippen MR) is 96.8 cm³/mol. The summed E-state index contributed by atoms with van der Waals surface area (Å²) in [7, 11) is -3.80. The Balaban J connectivity index is 2.20. The summed E-state index contributed by atoms with van der Waals surface area (Å²) in [5.41, 5.74) is 0.732. The highest BCUT2D eigenvalue weighted by Gasteiger charge is 2.16. The van der Waals surface area contributed by atoms with Crippen LogP contribution in [0.1, 0.15) is 20.3 Å². The number of rotatable bonds is 6. The molecule has 0 aromatic heterocycles. The van der Waals surface area contributed by atoms with E-state index in [2.05, 4.69) is 10.0 Å². The lowest BCUT2D eigenvalue weighted by Gasteiger charge is -2.11. The van der Waals surface area contributed by atoms with Gasteiger partial charge in [0.05, 0.1) is 15.6 Å². The molecule has 2 aromatic rings. The van der Waals surface area contributed by atoms with E-state index in [1.54, 1.807) is 36.4 Å². The van der Waals surface area contributed by atoms with Gasteiger partial charge in [0.25, 0.3) is 10.0 Å². The van der Waals surface area contributed by atoms with Crippen LogP contribution in [0.2, 0.25) is 5.02 Å². The number of amides is 1. The van der Waals surface area contributed by atoms with E-state index in [-0.39, 0.29) is 16.7 Å². The molecule has 0 saturated carbocycles. The molecule has 24 heavy (non-hydrogen) atoms. The van der Waals surface area contributed by atoms with Gasteiger partial charge in [-0.3, -0.25) is 9.52 Å². The molecule has 7 heteroatoms. The largest absolute Gasteiger partial charge is 0.326 e. The van der Waals surface area contributed by atoms with Gasteiger partial charge in [0.15, 0.2) is 0 Å². The maximum absolute atomic E-state index is 12.5. The van der Waals surface area contributed by atoms with Gasteiger partial charge < -0.3 is 5.32 Å². The molecular weight excluding hydrogens is 348 g/mol. The molecule has 0 aliphatic heterocycles. The van der Waals surface area contributed by atoms with Gasteiger partial charge in [-0.05, 0) is 36.2 Å². The number of anilines is 2. The Morgan fingerprint density at radius 1 is 1.12 bits per heavy atom. The zero-order valence-corrected chi connectivity index (χ0v) is 15.0. The Morgan fingerprint density at radius 3 is 2.50 bits per heavy atom. The highest BCUT2D eigenvalue weighted by molar-refractivity contribution is 7.92. The molecule has 2 N–H and O–H groups in total. The fourth-order valence-electron chi connectivity index (χ4n) is 2.07. The molecule has 0 heterocycles. The van der Waals surface area contributed by atoms with Crippen molar-refractivity contribution in [3.63, 3.8) is 0 Å². The first-order valence-electron chi connectivity index (χ1n) is 7.45. The smallest absolute Gasteiger partial charge is 0.262 e. The Morgan fingerprint density at radius 2 is 1.83 bits per heavy atom. The topological polar surface area (TPSA) is 75.3 Å². The van der Waals surface area contributed by atoms with Crippen molar-refractivity contribution in [2.24, 2.45) is 5.92 Å². The van der Waals surface area contributed by atoms with Crippen molar-refractivity contribution in [1.82, 2.24) is 0 Å². The van der Waals surface area contributed by atoms with Crippen LogP contribution in [0.4, 0.5) is 11.4 Å². The molecule has 128 valence electrons. The van der Waals surface area contributed by atoms with Crippen LogP contribution in [-0.4, -0.2) is 14.3 Å². The first-order valence-corrected chi connectivity index (χ1v) is 9.31. The molecule has 0 fully saturated rings. The number of halogens is 1. The maximum atomic E-state index is 12.5. The second-order valence-electron chi connectivity index (χ2n) is 5.76. The Kier molecular flexibility index (Phi) is 5.85. The zero-order chi connectivity index (χ0) is 17.7. The first-order chi connectivity index (χ1) is 11.3. The molecule has 2 aromatic carbocycles. The summed E-state index contributed by atoms with van der Waals surface area (Å²) in [5, 5.41) is 3.01. The number of hydrogen-bond donors (Lipinski definition) is 2. The van der Waals surface area contributed by atoms with Crippen molar-refractivity contribution in [2.75, 3.05) is 10.0 Å². The first kappa shape index (κ1) is 18.3. The van der Waals surface area contributed by atoms with E-state index in [4.69, 9.17) is 11.6 Å². The summed E-state index contributed by atoms with van der Waals surface area (Å²) < 4.78 is 27.4. The van der Waals surface area contributed by atoms with Gasteiger partial charge in [0, 0.05) is 12.1 Å². The minimum Gasteiger partial charge on any atom is -0.326 e. The van der Waals surface area contributed by atoms with Crippen LogP contribution in [0.3, 0.4) is 0 Å². The highest BCUT2D eigenvalue weighted by Crippen LogP contribution is 2.25. The number of hydrogen-bond acceptors (Lipinski definition) is 3. The zero-order valence-electron chi connectivity index (χ0n) is 13.4. The Bertz CT molecular complexity index is 835. The Labute approximate surface area is 147 Å². The van der Waals surface area contributed by atoms with Gasteiger partial charge in [-0.2, -0.15) is 0 Å². The fraction of sp³-hybridized carbons (Fsp3) is 0.235. The van der Waals surface area contributed by atoms with Crippen LogP contribution in [-0.2, 0) is 14.8 Å². The Hall–Kier alpha value is -2.05. The van der Waals surface area contributed by atoms with E-state index in [9.17, 15) is 13.2 Å². The predicted octanol–water partition coefficient (Wildman–Crippen LogP) is 4.13. The summed E-state index contributed by atoms with van der Waals surface area (Å²) in [5.74, 6) is 0.0671. The fourth-order valence-corrected chi connectivity index (χ4v) is 3.44. The molecule has 0 radical (unpaired) electrons. The van der Waals surface area contributed by atoms with Crippen molar-refractivity contribution < 1.29 is 13.2 Å². The van der Waals surface area contributed by atoms with Gasteiger partial charge >= 0.3 is 0 Å². The SMILES string of the molecule is CC(C)CC(=O)Nc1cccc(S(=O)(=O)Nc2ccccc2Cl)c1. The molecule has 2 rings (SSSR count). The van der Waals surface area contributed by atoms with Crippen molar-refractivity contribution in [3.8, 4) is 0 Å². The van der Waals surface area contributed by atoms with E-state index in [1.807, 2.05) is 13.8 Å². The van der Waals surface area contributed by atoms with Gasteiger partial charge in [-0.25, -0.2) is 8.42 Å². The molecule has 0 aliphatic carbocycles. The number of carbonyl (C=O) groups is 1. The van der Waals surface area contributed by atoms with Gasteiger partial charge in [0.2, 0.25) is 5.91 Å². The lowest BCUT2D eigenvalue weighted by molar-refractivity contribution is -0.116. The quantitative estimate of drug-likeness (QED) is 0.807. The highest BCUT2D eigenvalue weighted by atomic mass is 35.5. The van der Waals surface area contributed by atoms with Crippen LogP contribution in [0.15, 0.2) is 53.4 Å². The summed E-state index contributed by atoms with van der Waals surface area (Å²) in [6, 6.07) is 12.7. The lowest BCUT2D eigenvalue weighted by atomic mass is 10.1. The monoisotopic (exact) mass is 366 g/mol. The summed E-state index contributed by atoms with van der Waals surface area (Å²) >= 11 is 5.98. The molecule has 0 aliphatic rings. The van der Waals surface area contributed by atoms with Crippen LogP contribution < -0.4 is 10.0 Å².